The van der Waals surface area contributed by atoms with E-state index in [1.165, 1.54) is 4.40 Å². The van der Waals surface area contributed by atoms with Gasteiger partial charge >= 0.3 is 0 Å². The van der Waals surface area contributed by atoms with Crippen molar-refractivity contribution < 1.29 is 8.81 Å². The number of imidazole rings is 1. The lowest BCUT2D eigenvalue weighted by Gasteiger charge is -1.96. The van der Waals surface area contributed by atoms with E-state index < -0.39 is 5.95 Å². The summed E-state index contributed by atoms with van der Waals surface area (Å²) >= 11 is 9.16. The molecule has 0 spiro atoms. The Kier molecular flexibility index (Phi) is 3.82. The summed E-state index contributed by atoms with van der Waals surface area (Å²) in [6.45, 7) is 0. The van der Waals surface area contributed by atoms with Crippen LogP contribution in [-0.4, -0.2) is 19.6 Å². The lowest BCUT2D eigenvalue weighted by molar-refractivity contribution is 0.507. The minimum absolute atomic E-state index is 0.0305. The zero-order valence-corrected chi connectivity index (χ0v) is 14.4. The SMILES string of the molecule is Fc1c(-c2nnc(Cc3ccc(Cl)cc3)o2)nc2ccc(Br)cn12. The minimum atomic E-state index is -0.548. The molecule has 120 valence electrons. The molecule has 0 amide bonds. The number of rotatable bonds is 3. The molecule has 24 heavy (non-hydrogen) atoms. The van der Waals surface area contributed by atoms with E-state index in [4.69, 9.17) is 16.0 Å². The highest BCUT2D eigenvalue weighted by Crippen LogP contribution is 2.24. The number of halogens is 3. The predicted octanol–water partition coefficient (Wildman–Crippen LogP) is 4.53. The van der Waals surface area contributed by atoms with Crippen LogP contribution in [0.2, 0.25) is 5.02 Å². The van der Waals surface area contributed by atoms with Crippen molar-refractivity contribution in [3.63, 3.8) is 0 Å². The lowest BCUT2D eigenvalue weighted by Crippen LogP contribution is -1.88. The van der Waals surface area contributed by atoms with Crippen LogP contribution in [0.3, 0.4) is 0 Å². The first-order valence-corrected chi connectivity index (χ1v) is 8.17. The third-order valence-corrected chi connectivity index (χ3v) is 4.18. The summed E-state index contributed by atoms with van der Waals surface area (Å²) in [6.07, 6.45) is 2.02. The third-order valence-electron chi connectivity index (χ3n) is 3.46. The molecule has 4 aromatic rings. The molecule has 0 aliphatic heterocycles. The van der Waals surface area contributed by atoms with Gasteiger partial charge < -0.3 is 4.42 Å². The Hall–Kier alpha value is -2.25. The molecule has 0 radical (unpaired) electrons. The predicted molar refractivity (Wildman–Crippen MR) is 90.4 cm³/mol. The van der Waals surface area contributed by atoms with E-state index in [1.54, 1.807) is 30.5 Å². The van der Waals surface area contributed by atoms with Crippen molar-refractivity contribution >= 4 is 33.2 Å². The van der Waals surface area contributed by atoms with Gasteiger partial charge in [0.05, 0.1) is 6.42 Å². The number of pyridine rings is 1. The van der Waals surface area contributed by atoms with Crippen LogP contribution >= 0.6 is 27.5 Å². The van der Waals surface area contributed by atoms with Crippen LogP contribution in [0.25, 0.3) is 17.2 Å². The highest BCUT2D eigenvalue weighted by Gasteiger charge is 2.19. The Morgan fingerprint density at radius 1 is 1.12 bits per heavy atom. The molecule has 0 atom stereocenters. The first-order chi connectivity index (χ1) is 11.6. The molecule has 4 rings (SSSR count). The highest BCUT2D eigenvalue weighted by molar-refractivity contribution is 9.10. The van der Waals surface area contributed by atoms with Crippen LogP contribution in [0.5, 0.6) is 0 Å². The number of hydrogen-bond acceptors (Lipinski definition) is 4. The highest BCUT2D eigenvalue weighted by atomic mass is 79.9. The lowest BCUT2D eigenvalue weighted by atomic mass is 10.1. The maximum Gasteiger partial charge on any atom is 0.271 e. The average Bonchev–Trinajstić information content (AvgIpc) is 3.15. The standard InChI is InChI=1S/C16H9BrClFN4O/c17-10-3-6-12-20-14(15(19)23(12)8-10)16-22-21-13(24-16)7-9-1-4-11(18)5-2-9/h1-6,8H,7H2. The summed E-state index contributed by atoms with van der Waals surface area (Å²) in [5.74, 6) is -0.116. The van der Waals surface area contributed by atoms with E-state index in [9.17, 15) is 4.39 Å². The topological polar surface area (TPSA) is 56.2 Å². The summed E-state index contributed by atoms with van der Waals surface area (Å²) in [6, 6.07) is 10.8. The van der Waals surface area contributed by atoms with E-state index >= 15 is 0 Å². The van der Waals surface area contributed by atoms with Gasteiger partial charge in [-0.3, -0.25) is 4.40 Å². The molecular weight excluding hydrogens is 399 g/mol. The van der Waals surface area contributed by atoms with Gasteiger partial charge in [0.1, 0.15) is 5.65 Å². The maximum atomic E-state index is 14.5. The Labute approximate surface area is 149 Å². The molecule has 3 aromatic heterocycles. The zero-order valence-electron chi connectivity index (χ0n) is 12.1. The van der Waals surface area contributed by atoms with E-state index in [0.717, 1.165) is 10.0 Å². The number of fused-ring (bicyclic) bond motifs is 1. The van der Waals surface area contributed by atoms with E-state index in [2.05, 4.69) is 31.1 Å². The molecule has 5 nitrogen and oxygen atoms in total. The van der Waals surface area contributed by atoms with Gasteiger partial charge in [-0.2, -0.15) is 4.39 Å². The third kappa shape index (κ3) is 2.81. The molecule has 8 heteroatoms. The van der Waals surface area contributed by atoms with E-state index in [0.29, 0.717) is 23.0 Å². The van der Waals surface area contributed by atoms with Crippen molar-refractivity contribution in [2.45, 2.75) is 6.42 Å². The molecule has 0 fully saturated rings. The van der Waals surface area contributed by atoms with Crippen molar-refractivity contribution in [3.8, 4) is 11.6 Å². The molecule has 0 aliphatic carbocycles. The Balaban J connectivity index is 1.67. The molecule has 3 heterocycles. The van der Waals surface area contributed by atoms with Crippen molar-refractivity contribution in [2.24, 2.45) is 0 Å². The summed E-state index contributed by atoms with van der Waals surface area (Å²) in [5, 5.41) is 8.53. The van der Waals surface area contributed by atoms with Crippen LogP contribution in [0.15, 0.2) is 51.5 Å². The second-order valence-electron chi connectivity index (χ2n) is 5.13. The normalized spacial score (nSPS) is 11.3. The Bertz CT molecular complexity index is 1030. The van der Waals surface area contributed by atoms with Gasteiger partial charge in [0.15, 0.2) is 5.69 Å². The zero-order chi connectivity index (χ0) is 16.7. The van der Waals surface area contributed by atoms with Gasteiger partial charge in [-0.15, -0.1) is 10.2 Å². The van der Waals surface area contributed by atoms with Gasteiger partial charge in [-0.05, 0) is 45.8 Å². The monoisotopic (exact) mass is 406 g/mol. The van der Waals surface area contributed by atoms with E-state index in [-0.39, 0.29) is 11.6 Å². The van der Waals surface area contributed by atoms with Crippen molar-refractivity contribution in [3.05, 3.63) is 69.5 Å². The van der Waals surface area contributed by atoms with Crippen molar-refractivity contribution in [1.82, 2.24) is 19.6 Å². The van der Waals surface area contributed by atoms with Gasteiger partial charge in [0.2, 0.25) is 11.8 Å². The van der Waals surface area contributed by atoms with Crippen LogP contribution in [0, 0.1) is 5.95 Å². The number of aromatic nitrogens is 4. The summed E-state index contributed by atoms with van der Waals surface area (Å²) in [4.78, 5) is 4.21. The smallest absolute Gasteiger partial charge is 0.271 e. The Morgan fingerprint density at radius 2 is 1.92 bits per heavy atom. The van der Waals surface area contributed by atoms with Crippen LogP contribution < -0.4 is 0 Å². The fraction of sp³-hybridized carbons (Fsp3) is 0.0625. The maximum absolute atomic E-state index is 14.5. The molecule has 0 bridgehead atoms. The van der Waals surface area contributed by atoms with Gasteiger partial charge in [-0.25, -0.2) is 4.98 Å². The number of benzene rings is 1. The van der Waals surface area contributed by atoms with Gasteiger partial charge in [0.25, 0.3) is 5.89 Å². The molecule has 0 aliphatic rings. The van der Waals surface area contributed by atoms with Crippen molar-refractivity contribution in [2.75, 3.05) is 0 Å². The Morgan fingerprint density at radius 3 is 2.71 bits per heavy atom. The fourth-order valence-corrected chi connectivity index (χ4v) is 2.79. The largest absolute Gasteiger partial charge is 0.419 e. The second-order valence-corrected chi connectivity index (χ2v) is 6.48. The molecular formula is C16H9BrClFN4O. The number of nitrogens with zero attached hydrogens (tertiary/aromatic N) is 4. The van der Waals surface area contributed by atoms with Crippen LogP contribution in [0.1, 0.15) is 11.5 Å². The average molecular weight is 408 g/mol. The minimum Gasteiger partial charge on any atom is -0.419 e. The molecule has 0 saturated heterocycles. The van der Waals surface area contributed by atoms with Crippen molar-refractivity contribution in [1.29, 1.82) is 0 Å². The fourth-order valence-electron chi connectivity index (χ4n) is 2.32. The van der Waals surface area contributed by atoms with Gasteiger partial charge in [0, 0.05) is 15.7 Å². The first kappa shape index (κ1) is 15.3. The van der Waals surface area contributed by atoms with Gasteiger partial charge in [-0.1, -0.05) is 23.7 Å². The summed E-state index contributed by atoms with van der Waals surface area (Å²) in [7, 11) is 0. The second kappa shape index (κ2) is 5.99. The van der Waals surface area contributed by atoms with Crippen LogP contribution in [0.4, 0.5) is 4.39 Å². The molecule has 0 N–H and O–H groups in total. The number of hydrogen-bond donors (Lipinski definition) is 0. The first-order valence-electron chi connectivity index (χ1n) is 7.00. The summed E-state index contributed by atoms with van der Waals surface area (Å²) in [5.41, 5.74) is 1.46. The van der Waals surface area contributed by atoms with E-state index in [1.807, 2.05) is 12.1 Å². The molecule has 0 unspecified atom stereocenters. The molecule has 0 saturated carbocycles. The van der Waals surface area contributed by atoms with Crippen LogP contribution in [-0.2, 0) is 6.42 Å². The quantitative estimate of drug-likeness (QED) is 0.501. The molecule has 1 aromatic carbocycles. The summed E-state index contributed by atoms with van der Waals surface area (Å²) < 4.78 is 22.1.